The molecule has 0 aliphatic carbocycles. The average molecular weight is 388 g/mol. The summed E-state index contributed by atoms with van der Waals surface area (Å²) in [7, 11) is 0. The number of hydrogen-bond acceptors (Lipinski definition) is 4. The second kappa shape index (κ2) is 11.9. The van der Waals surface area contributed by atoms with Gasteiger partial charge in [-0.3, -0.25) is 24.8 Å². The first-order valence-electron chi connectivity index (χ1n) is 7.68. The molecule has 3 amide bonds. The summed E-state index contributed by atoms with van der Waals surface area (Å²) in [4.78, 5) is 33.2. The molecular formula is C18H18ClN5O3. The van der Waals surface area contributed by atoms with Crippen molar-refractivity contribution < 1.29 is 14.4 Å². The molecule has 1 aromatic carbocycles. The molecule has 27 heavy (non-hydrogen) atoms. The van der Waals surface area contributed by atoms with Crippen LogP contribution >= 0.6 is 11.6 Å². The van der Waals surface area contributed by atoms with Gasteiger partial charge < -0.3 is 11.1 Å². The van der Waals surface area contributed by atoms with Crippen LogP contribution in [0, 0.1) is 12.0 Å². The average Bonchev–Trinajstić information content (AvgIpc) is 3.11. The van der Waals surface area contributed by atoms with Gasteiger partial charge in [-0.1, -0.05) is 36.4 Å². The number of halogens is 1. The zero-order valence-electron chi connectivity index (χ0n) is 14.3. The third-order valence-corrected chi connectivity index (χ3v) is 3.08. The second-order valence-corrected chi connectivity index (χ2v) is 5.31. The summed E-state index contributed by atoms with van der Waals surface area (Å²) in [5.74, 6) is 1.13. The quantitative estimate of drug-likeness (QED) is 0.346. The van der Waals surface area contributed by atoms with Gasteiger partial charge in [0.2, 0.25) is 5.91 Å². The number of nitrogens with one attached hydrogen (secondary N) is 3. The van der Waals surface area contributed by atoms with Crippen molar-refractivity contribution in [3.63, 3.8) is 0 Å². The standard InChI is InChI=1S/C12H13N5O3.C6H5Cl/c1-2-11(19)14-5-3-9-8(7-16-17-9)12(20)15-6-4-10(13)18;7-6-4-2-1-3-5-6/h2,7H,1,4,6H2,(H2,13,18)(H,14,19)(H,15,20)(H,16,17);1-5H. The molecule has 1 aromatic heterocycles. The Kier molecular flexibility index (Phi) is 9.46. The molecule has 0 bridgehead atoms. The minimum absolute atomic E-state index is 0.0417. The Hall–Kier alpha value is -3.57. The molecule has 0 saturated carbocycles. The number of aromatic nitrogens is 2. The van der Waals surface area contributed by atoms with Gasteiger partial charge in [-0.15, -0.1) is 0 Å². The number of benzene rings is 1. The van der Waals surface area contributed by atoms with E-state index in [2.05, 4.69) is 39.4 Å². The highest BCUT2D eigenvalue weighted by Gasteiger charge is 2.12. The Bertz CT molecular complexity index is 853. The van der Waals surface area contributed by atoms with E-state index in [1.54, 1.807) is 0 Å². The molecule has 2 aromatic rings. The normalized spacial score (nSPS) is 8.93. The van der Waals surface area contributed by atoms with Crippen LogP contribution in [0.2, 0.25) is 5.02 Å². The van der Waals surface area contributed by atoms with Crippen molar-refractivity contribution in [2.75, 3.05) is 6.54 Å². The summed E-state index contributed by atoms with van der Waals surface area (Å²) < 4.78 is 0. The van der Waals surface area contributed by atoms with Crippen LogP contribution in [-0.4, -0.2) is 34.5 Å². The Morgan fingerprint density at radius 3 is 2.56 bits per heavy atom. The van der Waals surface area contributed by atoms with Gasteiger partial charge in [-0.05, 0) is 24.1 Å². The van der Waals surface area contributed by atoms with Gasteiger partial charge in [0.15, 0.2) is 0 Å². The lowest BCUT2D eigenvalue weighted by atomic mass is 10.2. The molecule has 0 aliphatic heterocycles. The second-order valence-electron chi connectivity index (χ2n) is 4.87. The molecule has 0 aliphatic rings. The number of primary amides is 1. The third-order valence-electron chi connectivity index (χ3n) is 2.83. The Labute approximate surface area is 161 Å². The van der Waals surface area contributed by atoms with Crippen LogP contribution in [0.3, 0.4) is 0 Å². The van der Waals surface area contributed by atoms with Crippen molar-refractivity contribution >= 4 is 29.3 Å². The fourth-order valence-corrected chi connectivity index (χ4v) is 1.71. The maximum Gasteiger partial charge on any atom is 0.255 e. The predicted molar refractivity (Wildman–Crippen MR) is 101 cm³/mol. The van der Waals surface area contributed by atoms with Crippen LogP contribution in [0.25, 0.3) is 0 Å². The van der Waals surface area contributed by atoms with E-state index in [0.29, 0.717) is 0 Å². The molecule has 0 spiro atoms. The van der Waals surface area contributed by atoms with Crippen LogP contribution in [0.5, 0.6) is 0 Å². The SMILES string of the molecule is C=CC(=O)NC#Cc1[nH]ncc1C(=O)NCCC(N)=O.Clc1ccccc1. The first kappa shape index (κ1) is 21.5. The molecule has 140 valence electrons. The number of aromatic amines is 1. The van der Waals surface area contributed by atoms with E-state index in [-0.39, 0.29) is 24.2 Å². The van der Waals surface area contributed by atoms with Crippen molar-refractivity contribution in [1.82, 2.24) is 20.8 Å². The first-order valence-corrected chi connectivity index (χ1v) is 8.05. The fourth-order valence-electron chi connectivity index (χ4n) is 1.57. The van der Waals surface area contributed by atoms with Crippen LogP contribution < -0.4 is 16.4 Å². The van der Waals surface area contributed by atoms with Gasteiger partial charge in [0.25, 0.3) is 11.8 Å². The van der Waals surface area contributed by atoms with E-state index in [1.165, 1.54) is 6.20 Å². The van der Waals surface area contributed by atoms with E-state index >= 15 is 0 Å². The molecule has 5 N–H and O–H groups in total. The Balaban J connectivity index is 0.000000433. The number of nitrogens with zero attached hydrogens (tertiary/aromatic N) is 1. The number of amides is 3. The summed E-state index contributed by atoms with van der Waals surface area (Å²) in [5.41, 5.74) is 5.40. The molecule has 0 saturated heterocycles. The van der Waals surface area contributed by atoms with Gasteiger partial charge >= 0.3 is 0 Å². The minimum atomic E-state index is -0.510. The lowest BCUT2D eigenvalue weighted by molar-refractivity contribution is -0.118. The van der Waals surface area contributed by atoms with Crippen molar-refractivity contribution in [2.24, 2.45) is 5.73 Å². The lowest BCUT2D eigenvalue weighted by Crippen LogP contribution is -2.28. The predicted octanol–water partition coefficient (Wildman–Crippen LogP) is 0.966. The van der Waals surface area contributed by atoms with Crippen LogP contribution in [0.4, 0.5) is 0 Å². The van der Waals surface area contributed by atoms with Crippen LogP contribution in [-0.2, 0) is 9.59 Å². The number of rotatable bonds is 5. The highest BCUT2D eigenvalue weighted by molar-refractivity contribution is 6.30. The monoisotopic (exact) mass is 387 g/mol. The molecule has 0 fully saturated rings. The van der Waals surface area contributed by atoms with Crippen molar-refractivity contribution in [1.29, 1.82) is 0 Å². The number of nitrogens with two attached hydrogens (primary N) is 1. The molecule has 9 heteroatoms. The number of H-pyrrole nitrogens is 1. The summed E-state index contributed by atoms with van der Waals surface area (Å²) in [6.45, 7) is 3.39. The highest BCUT2D eigenvalue weighted by atomic mass is 35.5. The molecular weight excluding hydrogens is 370 g/mol. The number of carbonyl (C=O) groups excluding carboxylic acids is 3. The number of carbonyl (C=O) groups is 3. The van der Waals surface area contributed by atoms with Crippen molar-refractivity contribution in [2.45, 2.75) is 6.42 Å². The van der Waals surface area contributed by atoms with Crippen molar-refractivity contribution in [3.05, 3.63) is 65.5 Å². The zero-order chi connectivity index (χ0) is 20.1. The van der Waals surface area contributed by atoms with Gasteiger partial charge in [-0.2, -0.15) is 5.10 Å². The van der Waals surface area contributed by atoms with E-state index in [4.69, 9.17) is 17.3 Å². The van der Waals surface area contributed by atoms with Crippen molar-refractivity contribution in [3.8, 4) is 12.0 Å². The van der Waals surface area contributed by atoms with E-state index in [9.17, 15) is 14.4 Å². The maximum atomic E-state index is 11.8. The van der Waals surface area contributed by atoms with Crippen LogP contribution in [0.1, 0.15) is 22.5 Å². The van der Waals surface area contributed by atoms with E-state index in [0.717, 1.165) is 11.1 Å². The molecule has 8 nitrogen and oxygen atoms in total. The summed E-state index contributed by atoms with van der Waals surface area (Å²) >= 11 is 5.54. The minimum Gasteiger partial charge on any atom is -0.370 e. The molecule has 0 unspecified atom stereocenters. The molecule has 0 radical (unpaired) electrons. The Morgan fingerprint density at radius 2 is 2.00 bits per heavy atom. The van der Waals surface area contributed by atoms with E-state index in [1.807, 2.05) is 30.3 Å². The molecule has 2 rings (SSSR count). The lowest BCUT2D eigenvalue weighted by Gasteiger charge is -2.01. The van der Waals surface area contributed by atoms with Gasteiger partial charge in [-0.25, -0.2) is 0 Å². The maximum absolute atomic E-state index is 11.8. The van der Waals surface area contributed by atoms with E-state index < -0.39 is 17.7 Å². The Morgan fingerprint density at radius 1 is 1.30 bits per heavy atom. The van der Waals surface area contributed by atoms with Gasteiger partial charge in [0.05, 0.1) is 11.8 Å². The number of hydrogen-bond donors (Lipinski definition) is 4. The summed E-state index contributed by atoms with van der Waals surface area (Å²) in [6, 6.07) is 11.8. The third kappa shape index (κ3) is 8.90. The zero-order valence-corrected chi connectivity index (χ0v) is 15.0. The highest BCUT2D eigenvalue weighted by Crippen LogP contribution is 2.03. The molecule has 1 heterocycles. The van der Waals surface area contributed by atoms with Crippen LogP contribution in [0.15, 0.2) is 49.2 Å². The summed E-state index contributed by atoms with van der Waals surface area (Å²) in [6.07, 6.45) is 2.40. The summed E-state index contributed by atoms with van der Waals surface area (Å²) in [5, 5.41) is 11.7. The smallest absolute Gasteiger partial charge is 0.255 e. The topological polar surface area (TPSA) is 130 Å². The first-order chi connectivity index (χ1) is 12.9. The fraction of sp³-hybridized carbons (Fsp3) is 0.111. The van der Waals surface area contributed by atoms with Gasteiger partial charge in [0, 0.05) is 24.0 Å². The molecule has 0 atom stereocenters. The van der Waals surface area contributed by atoms with Gasteiger partial charge in [0.1, 0.15) is 5.69 Å². The largest absolute Gasteiger partial charge is 0.370 e.